The highest BCUT2D eigenvalue weighted by molar-refractivity contribution is 5.93. The zero-order chi connectivity index (χ0) is 21.3. The number of nitrogens with zero attached hydrogens (tertiary/aromatic N) is 4. The number of halogens is 3. The highest BCUT2D eigenvalue weighted by Crippen LogP contribution is 2.27. The third-order valence-electron chi connectivity index (χ3n) is 4.80. The fourth-order valence-corrected chi connectivity index (χ4v) is 3.31. The molecular formula is C21H18F3N5O. The second-order valence-corrected chi connectivity index (χ2v) is 6.84. The van der Waals surface area contributed by atoms with Crippen LogP contribution in [0.2, 0.25) is 0 Å². The number of carbonyl (C=O) groups excluding carboxylic acids is 1. The van der Waals surface area contributed by atoms with Gasteiger partial charge in [-0.3, -0.25) is 13.9 Å². The molecule has 1 unspecified atom stereocenters. The fraction of sp³-hybridized carbons (Fsp3) is 0.190. The maximum Gasteiger partial charge on any atom is 0.320 e. The molecule has 2 heterocycles. The van der Waals surface area contributed by atoms with E-state index in [4.69, 9.17) is 0 Å². The normalized spacial score (nSPS) is 12.4. The largest absolute Gasteiger partial charge is 0.350 e. The van der Waals surface area contributed by atoms with Crippen molar-refractivity contribution in [3.05, 3.63) is 78.4 Å². The molecule has 1 amide bonds. The van der Waals surface area contributed by atoms with Gasteiger partial charge in [0, 0.05) is 18.2 Å². The van der Waals surface area contributed by atoms with Gasteiger partial charge in [0.05, 0.1) is 23.6 Å². The van der Waals surface area contributed by atoms with Crippen LogP contribution in [0.25, 0.3) is 16.7 Å². The van der Waals surface area contributed by atoms with E-state index in [2.05, 4.69) is 15.3 Å². The number of alkyl halides is 2. The molecule has 4 aromatic rings. The summed E-state index contributed by atoms with van der Waals surface area (Å²) in [5.41, 5.74) is 1.64. The topological polar surface area (TPSA) is 64.7 Å². The highest BCUT2D eigenvalue weighted by Gasteiger charge is 2.23. The molecule has 0 saturated carbocycles. The van der Waals surface area contributed by atoms with Crippen molar-refractivity contribution in [2.24, 2.45) is 0 Å². The number of benzene rings is 2. The smallest absolute Gasteiger partial charge is 0.320 e. The number of carbonyl (C=O) groups is 1. The lowest BCUT2D eigenvalue weighted by Crippen LogP contribution is -2.30. The minimum Gasteiger partial charge on any atom is -0.350 e. The summed E-state index contributed by atoms with van der Waals surface area (Å²) < 4.78 is 42.8. The molecule has 0 aliphatic heterocycles. The van der Waals surface area contributed by atoms with E-state index in [0.29, 0.717) is 16.7 Å². The summed E-state index contributed by atoms with van der Waals surface area (Å²) in [6, 6.07) is 12.3. The van der Waals surface area contributed by atoms with Crippen molar-refractivity contribution in [3.8, 4) is 5.69 Å². The van der Waals surface area contributed by atoms with Crippen LogP contribution in [0.4, 0.5) is 13.2 Å². The zero-order valence-electron chi connectivity index (χ0n) is 16.0. The fourth-order valence-electron chi connectivity index (χ4n) is 3.31. The second kappa shape index (κ2) is 8.02. The monoisotopic (exact) mass is 413 g/mol. The molecule has 154 valence electrons. The van der Waals surface area contributed by atoms with Crippen LogP contribution in [-0.2, 0) is 0 Å². The van der Waals surface area contributed by atoms with Crippen LogP contribution in [0.15, 0.2) is 61.1 Å². The second-order valence-electron chi connectivity index (χ2n) is 6.84. The molecular weight excluding hydrogens is 395 g/mol. The number of amides is 1. The van der Waals surface area contributed by atoms with Gasteiger partial charge in [-0.05, 0) is 36.4 Å². The van der Waals surface area contributed by atoms with Crippen molar-refractivity contribution in [3.63, 3.8) is 0 Å². The highest BCUT2D eigenvalue weighted by atomic mass is 19.3. The standard InChI is InChI=1S/C21H18F3N5O/c1-13(19-27-16-4-2-3-5-17(16)29(19)21(23)24)10-26-20(30)18-11-25-12-28(18)15-8-6-14(22)7-9-15/h2-9,11-13,21H,10H2,1H3,(H,26,30). The number of aromatic nitrogens is 4. The minimum atomic E-state index is -2.74. The van der Waals surface area contributed by atoms with Crippen LogP contribution >= 0.6 is 0 Å². The van der Waals surface area contributed by atoms with Crippen LogP contribution in [0, 0.1) is 5.82 Å². The van der Waals surface area contributed by atoms with Crippen LogP contribution in [0.1, 0.15) is 35.7 Å². The van der Waals surface area contributed by atoms with Gasteiger partial charge in [-0.1, -0.05) is 19.1 Å². The first-order valence-corrected chi connectivity index (χ1v) is 9.27. The Morgan fingerprint density at radius 2 is 1.87 bits per heavy atom. The Morgan fingerprint density at radius 3 is 2.60 bits per heavy atom. The lowest BCUT2D eigenvalue weighted by Gasteiger charge is -2.15. The predicted molar refractivity (Wildman–Crippen MR) is 105 cm³/mol. The van der Waals surface area contributed by atoms with E-state index in [1.54, 1.807) is 31.2 Å². The lowest BCUT2D eigenvalue weighted by molar-refractivity contribution is 0.0703. The first-order chi connectivity index (χ1) is 14.5. The van der Waals surface area contributed by atoms with E-state index < -0.39 is 18.4 Å². The number of nitrogens with one attached hydrogen (secondary N) is 1. The maximum atomic E-state index is 13.6. The number of fused-ring (bicyclic) bond motifs is 1. The Hall–Kier alpha value is -3.62. The molecule has 6 nitrogen and oxygen atoms in total. The van der Waals surface area contributed by atoms with E-state index in [9.17, 15) is 18.0 Å². The SMILES string of the molecule is CC(CNC(=O)c1cncn1-c1ccc(F)cc1)c1nc2ccccc2n1C(F)F. The molecule has 0 aliphatic carbocycles. The van der Waals surface area contributed by atoms with Gasteiger partial charge in [-0.15, -0.1) is 0 Å². The number of hydrogen-bond donors (Lipinski definition) is 1. The van der Waals surface area contributed by atoms with Gasteiger partial charge in [0.2, 0.25) is 0 Å². The van der Waals surface area contributed by atoms with Crippen LogP contribution in [0.3, 0.4) is 0 Å². The summed E-state index contributed by atoms with van der Waals surface area (Å²) in [6.45, 7) is -0.924. The van der Waals surface area contributed by atoms with Gasteiger partial charge in [0.25, 0.3) is 5.91 Å². The molecule has 0 bridgehead atoms. The molecule has 30 heavy (non-hydrogen) atoms. The summed E-state index contributed by atoms with van der Waals surface area (Å²) in [4.78, 5) is 21.0. The van der Waals surface area contributed by atoms with Gasteiger partial charge in [-0.2, -0.15) is 8.78 Å². The number of rotatable bonds is 6. The molecule has 1 atom stereocenters. The van der Waals surface area contributed by atoms with Gasteiger partial charge in [0.1, 0.15) is 17.3 Å². The predicted octanol–water partition coefficient (Wildman–Crippen LogP) is 4.29. The molecule has 0 aliphatic rings. The van der Waals surface area contributed by atoms with Gasteiger partial charge < -0.3 is 5.32 Å². The Kier molecular flexibility index (Phi) is 5.26. The molecule has 0 fully saturated rings. The van der Waals surface area contributed by atoms with Crippen molar-refractivity contribution < 1.29 is 18.0 Å². The van der Waals surface area contributed by atoms with E-state index in [0.717, 1.165) is 4.57 Å². The Balaban J connectivity index is 1.53. The molecule has 1 N–H and O–H groups in total. The first kappa shape index (κ1) is 19.7. The number of imidazole rings is 2. The molecule has 0 radical (unpaired) electrons. The Labute approximate surface area is 170 Å². The molecule has 2 aromatic carbocycles. The van der Waals surface area contributed by atoms with E-state index >= 15 is 0 Å². The summed E-state index contributed by atoms with van der Waals surface area (Å²) in [5, 5.41) is 2.74. The van der Waals surface area contributed by atoms with Gasteiger partial charge in [-0.25, -0.2) is 14.4 Å². The first-order valence-electron chi connectivity index (χ1n) is 9.27. The molecule has 4 rings (SSSR count). The Bertz CT molecular complexity index is 1180. The van der Waals surface area contributed by atoms with E-state index in [1.165, 1.54) is 41.4 Å². The Morgan fingerprint density at radius 1 is 1.13 bits per heavy atom. The van der Waals surface area contributed by atoms with Crippen molar-refractivity contribution in [2.75, 3.05) is 6.54 Å². The summed E-state index contributed by atoms with van der Waals surface area (Å²) >= 11 is 0. The quantitative estimate of drug-likeness (QED) is 0.513. The molecule has 0 spiro atoms. The molecule has 2 aromatic heterocycles. The van der Waals surface area contributed by atoms with Crippen LogP contribution in [0.5, 0.6) is 0 Å². The summed E-state index contributed by atoms with van der Waals surface area (Å²) in [5.74, 6) is -1.08. The average Bonchev–Trinajstić information content (AvgIpc) is 3.37. The summed E-state index contributed by atoms with van der Waals surface area (Å²) in [7, 11) is 0. The lowest BCUT2D eigenvalue weighted by atomic mass is 10.1. The van der Waals surface area contributed by atoms with Crippen molar-refractivity contribution in [1.29, 1.82) is 0 Å². The minimum absolute atomic E-state index is 0.101. The van der Waals surface area contributed by atoms with Crippen molar-refractivity contribution in [2.45, 2.75) is 19.4 Å². The number of para-hydroxylation sites is 2. The summed E-state index contributed by atoms with van der Waals surface area (Å²) in [6.07, 6.45) is 2.83. The van der Waals surface area contributed by atoms with Crippen LogP contribution in [-0.4, -0.2) is 31.6 Å². The van der Waals surface area contributed by atoms with Gasteiger partial charge >= 0.3 is 6.55 Å². The van der Waals surface area contributed by atoms with Crippen molar-refractivity contribution >= 4 is 16.9 Å². The third kappa shape index (κ3) is 3.66. The third-order valence-corrected chi connectivity index (χ3v) is 4.80. The van der Waals surface area contributed by atoms with Gasteiger partial charge in [0.15, 0.2) is 0 Å². The molecule has 9 heteroatoms. The van der Waals surface area contributed by atoms with E-state index in [1.807, 2.05) is 0 Å². The molecule has 0 saturated heterocycles. The zero-order valence-corrected chi connectivity index (χ0v) is 16.0. The average molecular weight is 413 g/mol. The van der Waals surface area contributed by atoms with Crippen molar-refractivity contribution in [1.82, 2.24) is 24.4 Å². The number of hydrogen-bond acceptors (Lipinski definition) is 3. The van der Waals surface area contributed by atoms with Crippen LogP contribution < -0.4 is 5.32 Å². The maximum absolute atomic E-state index is 13.6. The van der Waals surface area contributed by atoms with E-state index in [-0.39, 0.29) is 23.9 Å².